The summed E-state index contributed by atoms with van der Waals surface area (Å²) >= 11 is 0. The zero-order chi connectivity index (χ0) is 15.2. The monoisotopic (exact) mass is 291 g/mol. The van der Waals surface area contributed by atoms with E-state index in [9.17, 15) is 4.39 Å². The standard InChI is InChI=1S/C16H22FN3O/c1-12-11-20(8-5-9-21-3)16(18-12)19-13(2)14-6-4-7-15(17)10-14/h4,6-7,10-11,13H,5,8-9H2,1-3H3,(H,18,19). The molecular formula is C16H22FN3O. The third-order valence-corrected chi connectivity index (χ3v) is 3.34. The molecule has 1 aromatic heterocycles. The first-order valence-electron chi connectivity index (χ1n) is 7.15. The van der Waals surface area contributed by atoms with E-state index in [1.807, 2.05) is 26.1 Å². The van der Waals surface area contributed by atoms with Crippen molar-refractivity contribution in [2.75, 3.05) is 19.0 Å². The number of anilines is 1. The molecule has 1 heterocycles. The number of methoxy groups -OCH3 is 1. The number of benzene rings is 1. The van der Waals surface area contributed by atoms with Gasteiger partial charge in [0.2, 0.25) is 5.95 Å². The Morgan fingerprint density at radius 2 is 2.24 bits per heavy atom. The number of nitrogens with zero attached hydrogens (tertiary/aromatic N) is 2. The summed E-state index contributed by atoms with van der Waals surface area (Å²) in [5, 5.41) is 3.35. The van der Waals surface area contributed by atoms with Crippen LogP contribution in [0, 0.1) is 12.7 Å². The first-order valence-corrected chi connectivity index (χ1v) is 7.15. The van der Waals surface area contributed by atoms with Gasteiger partial charge in [0, 0.05) is 26.5 Å². The average Bonchev–Trinajstić information content (AvgIpc) is 2.79. The van der Waals surface area contributed by atoms with Crippen molar-refractivity contribution in [2.24, 2.45) is 0 Å². The first-order chi connectivity index (χ1) is 10.1. The smallest absolute Gasteiger partial charge is 0.203 e. The van der Waals surface area contributed by atoms with Gasteiger partial charge in [0.15, 0.2) is 0 Å². The third-order valence-electron chi connectivity index (χ3n) is 3.34. The molecule has 21 heavy (non-hydrogen) atoms. The van der Waals surface area contributed by atoms with Gasteiger partial charge in [-0.3, -0.25) is 0 Å². The molecule has 0 radical (unpaired) electrons. The third kappa shape index (κ3) is 4.29. The van der Waals surface area contributed by atoms with Crippen LogP contribution in [-0.2, 0) is 11.3 Å². The molecule has 0 saturated heterocycles. The SMILES string of the molecule is COCCCn1cc(C)nc1NC(C)c1cccc(F)c1. The number of hydrogen-bond donors (Lipinski definition) is 1. The van der Waals surface area contributed by atoms with E-state index in [2.05, 4.69) is 14.9 Å². The van der Waals surface area contributed by atoms with E-state index >= 15 is 0 Å². The van der Waals surface area contributed by atoms with Gasteiger partial charge in [-0.05, 0) is 38.0 Å². The van der Waals surface area contributed by atoms with Crippen LogP contribution >= 0.6 is 0 Å². The Kier molecular flexibility index (Phi) is 5.33. The van der Waals surface area contributed by atoms with Gasteiger partial charge in [-0.1, -0.05) is 12.1 Å². The summed E-state index contributed by atoms with van der Waals surface area (Å²) < 4.78 is 20.4. The summed E-state index contributed by atoms with van der Waals surface area (Å²) in [6.07, 6.45) is 2.94. The zero-order valence-corrected chi connectivity index (χ0v) is 12.8. The highest BCUT2D eigenvalue weighted by Gasteiger charge is 2.11. The number of hydrogen-bond acceptors (Lipinski definition) is 3. The Morgan fingerprint density at radius 3 is 2.95 bits per heavy atom. The Bertz CT molecular complexity index is 583. The van der Waals surface area contributed by atoms with Crippen LogP contribution in [0.3, 0.4) is 0 Å². The summed E-state index contributed by atoms with van der Waals surface area (Å²) in [4.78, 5) is 4.49. The highest BCUT2D eigenvalue weighted by Crippen LogP contribution is 2.20. The first kappa shape index (κ1) is 15.5. The lowest BCUT2D eigenvalue weighted by Gasteiger charge is -2.16. The van der Waals surface area contributed by atoms with Crippen LogP contribution in [0.15, 0.2) is 30.5 Å². The largest absolute Gasteiger partial charge is 0.385 e. The van der Waals surface area contributed by atoms with E-state index in [-0.39, 0.29) is 11.9 Å². The summed E-state index contributed by atoms with van der Waals surface area (Å²) in [6.45, 7) is 5.52. The van der Waals surface area contributed by atoms with E-state index in [1.165, 1.54) is 6.07 Å². The minimum atomic E-state index is -0.222. The quantitative estimate of drug-likeness (QED) is 0.793. The van der Waals surface area contributed by atoms with Crippen LogP contribution in [0.25, 0.3) is 0 Å². The molecule has 0 aliphatic carbocycles. The number of halogens is 1. The zero-order valence-electron chi connectivity index (χ0n) is 12.8. The molecule has 4 nitrogen and oxygen atoms in total. The lowest BCUT2D eigenvalue weighted by Crippen LogP contribution is -2.12. The number of ether oxygens (including phenoxy) is 1. The van der Waals surface area contributed by atoms with Crippen molar-refractivity contribution < 1.29 is 9.13 Å². The van der Waals surface area contributed by atoms with Crippen molar-refractivity contribution in [3.63, 3.8) is 0 Å². The number of imidazole rings is 1. The second-order valence-electron chi connectivity index (χ2n) is 5.17. The summed E-state index contributed by atoms with van der Waals surface area (Å²) in [7, 11) is 1.70. The molecule has 1 atom stereocenters. The molecule has 0 spiro atoms. The summed E-state index contributed by atoms with van der Waals surface area (Å²) in [5.74, 6) is 0.584. The van der Waals surface area contributed by atoms with E-state index in [0.717, 1.165) is 36.8 Å². The van der Waals surface area contributed by atoms with Gasteiger partial charge in [0.1, 0.15) is 5.82 Å². The average molecular weight is 291 g/mol. The molecule has 1 unspecified atom stereocenters. The summed E-state index contributed by atoms with van der Waals surface area (Å²) in [6, 6.07) is 6.61. The van der Waals surface area contributed by atoms with Gasteiger partial charge in [0.25, 0.3) is 0 Å². The van der Waals surface area contributed by atoms with E-state index < -0.39 is 0 Å². The van der Waals surface area contributed by atoms with Crippen LogP contribution in [0.2, 0.25) is 0 Å². The normalized spacial score (nSPS) is 12.4. The van der Waals surface area contributed by atoms with Crippen molar-refractivity contribution in [1.82, 2.24) is 9.55 Å². The van der Waals surface area contributed by atoms with Crippen LogP contribution < -0.4 is 5.32 Å². The summed E-state index contributed by atoms with van der Waals surface area (Å²) in [5.41, 5.74) is 1.86. The minimum absolute atomic E-state index is 0.0105. The Labute approximate surface area is 125 Å². The number of nitrogens with one attached hydrogen (secondary N) is 1. The maximum absolute atomic E-state index is 13.3. The van der Waals surface area contributed by atoms with Gasteiger partial charge in [-0.25, -0.2) is 9.37 Å². The van der Waals surface area contributed by atoms with Crippen LogP contribution in [0.4, 0.5) is 10.3 Å². The molecule has 2 rings (SSSR count). The van der Waals surface area contributed by atoms with Crippen molar-refractivity contribution >= 4 is 5.95 Å². The van der Waals surface area contributed by atoms with Gasteiger partial charge in [-0.15, -0.1) is 0 Å². The van der Waals surface area contributed by atoms with Crippen LogP contribution in [-0.4, -0.2) is 23.3 Å². The molecule has 0 saturated carbocycles. The molecule has 0 bridgehead atoms. The minimum Gasteiger partial charge on any atom is -0.385 e. The fraction of sp³-hybridized carbons (Fsp3) is 0.438. The fourth-order valence-electron chi connectivity index (χ4n) is 2.26. The van der Waals surface area contributed by atoms with E-state index in [1.54, 1.807) is 19.2 Å². The van der Waals surface area contributed by atoms with E-state index in [0.29, 0.717) is 0 Å². The number of rotatable bonds is 7. The molecule has 0 aliphatic rings. The van der Waals surface area contributed by atoms with Crippen molar-refractivity contribution in [1.29, 1.82) is 0 Å². The fourth-order valence-corrected chi connectivity index (χ4v) is 2.26. The molecule has 0 fully saturated rings. The maximum Gasteiger partial charge on any atom is 0.203 e. The Hall–Kier alpha value is -1.88. The molecule has 2 aromatic rings. The maximum atomic E-state index is 13.3. The van der Waals surface area contributed by atoms with Crippen LogP contribution in [0.1, 0.15) is 30.6 Å². The lowest BCUT2D eigenvalue weighted by atomic mass is 10.1. The van der Waals surface area contributed by atoms with Gasteiger partial charge < -0.3 is 14.6 Å². The molecule has 5 heteroatoms. The molecule has 1 N–H and O–H groups in total. The Morgan fingerprint density at radius 1 is 1.43 bits per heavy atom. The van der Waals surface area contributed by atoms with Gasteiger partial charge >= 0.3 is 0 Å². The lowest BCUT2D eigenvalue weighted by molar-refractivity contribution is 0.190. The van der Waals surface area contributed by atoms with Crippen molar-refractivity contribution in [2.45, 2.75) is 32.9 Å². The highest BCUT2D eigenvalue weighted by molar-refractivity contribution is 5.34. The van der Waals surface area contributed by atoms with Crippen molar-refractivity contribution in [3.8, 4) is 0 Å². The van der Waals surface area contributed by atoms with Gasteiger partial charge in [-0.2, -0.15) is 0 Å². The second kappa shape index (κ2) is 7.22. The van der Waals surface area contributed by atoms with Gasteiger partial charge in [0.05, 0.1) is 11.7 Å². The molecule has 0 aliphatic heterocycles. The molecule has 1 aromatic carbocycles. The predicted molar refractivity (Wildman–Crippen MR) is 81.9 cm³/mol. The topological polar surface area (TPSA) is 39.1 Å². The number of aryl methyl sites for hydroxylation is 2. The van der Waals surface area contributed by atoms with Crippen LogP contribution in [0.5, 0.6) is 0 Å². The second-order valence-corrected chi connectivity index (χ2v) is 5.17. The molecule has 114 valence electrons. The van der Waals surface area contributed by atoms with E-state index in [4.69, 9.17) is 4.74 Å². The molecular weight excluding hydrogens is 269 g/mol. The van der Waals surface area contributed by atoms with Crippen molar-refractivity contribution in [3.05, 3.63) is 47.5 Å². The molecule has 0 amide bonds. The Balaban J connectivity index is 2.07. The highest BCUT2D eigenvalue weighted by atomic mass is 19.1. The number of aromatic nitrogens is 2. The predicted octanol–water partition coefficient (Wildman–Crippen LogP) is 3.54.